The highest BCUT2D eigenvalue weighted by Crippen LogP contribution is 2.37. The molecular weight excluding hydrogens is 458 g/mol. The number of carbonyl (C=O) groups is 2. The van der Waals surface area contributed by atoms with Crippen molar-refractivity contribution in [3.8, 4) is 0 Å². The quantitative estimate of drug-likeness (QED) is 0.650. The lowest BCUT2D eigenvalue weighted by Gasteiger charge is -2.29. The molecule has 1 aliphatic rings. The van der Waals surface area contributed by atoms with Gasteiger partial charge in [-0.25, -0.2) is 8.42 Å². The molecule has 0 fully saturated rings. The SMILES string of the molecule is CCN(CC)S(=O)(=O)c1ccc2c(c1)N(CC(=O)Nc1cc(Cl)ccc1C)C(=O)CS2. The minimum atomic E-state index is -3.69. The standard InChI is InChI=1S/C21H24ClN3O4S2/c1-4-24(5-2)31(28,29)16-8-9-19-18(11-16)25(21(27)13-30-19)12-20(26)23-17-10-15(22)7-6-14(17)3/h6-11H,4-5,12-13H2,1-3H3,(H,23,26). The van der Waals surface area contributed by atoms with Crippen molar-refractivity contribution in [1.29, 1.82) is 0 Å². The first-order valence-corrected chi connectivity index (χ1v) is 12.6. The van der Waals surface area contributed by atoms with E-state index in [4.69, 9.17) is 11.6 Å². The number of amides is 2. The van der Waals surface area contributed by atoms with Crippen molar-refractivity contribution in [1.82, 2.24) is 4.31 Å². The minimum absolute atomic E-state index is 0.0985. The molecule has 0 spiro atoms. The van der Waals surface area contributed by atoms with E-state index in [9.17, 15) is 18.0 Å². The van der Waals surface area contributed by atoms with E-state index >= 15 is 0 Å². The van der Waals surface area contributed by atoms with E-state index in [2.05, 4.69) is 5.32 Å². The fourth-order valence-corrected chi connectivity index (χ4v) is 5.86. The Labute approximate surface area is 191 Å². The van der Waals surface area contributed by atoms with Crippen molar-refractivity contribution in [3.05, 3.63) is 47.0 Å². The fraction of sp³-hybridized carbons (Fsp3) is 0.333. The number of hydrogen-bond acceptors (Lipinski definition) is 5. The summed E-state index contributed by atoms with van der Waals surface area (Å²) in [6.45, 7) is 5.84. The maximum absolute atomic E-state index is 12.9. The van der Waals surface area contributed by atoms with E-state index in [-0.39, 0.29) is 23.1 Å². The summed E-state index contributed by atoms with van der Waals surface area (Å²) in [5.41, 5.74) is 1.83. The second kappa shape index (κ2) is 9.60. The van der Waals surface area contributed by atoms with Crippen LogP contribution in [0.2, 0.25) is 5.02 Å². The van der Waals surface area contributed by atoms with Crippen LogP contribution in [0.3, 0.4) is 0 Å². The van der Waals surface area contributed by atoms with Gasteiger partial charge in [0.1, 0.15) is 6.54 Å². The van der Waals surface area contributed by atoms with E-state index in [1.807, 2.05) is 6.92 Å². The molecule has 0 unspecified atom stereocenters. The molecule has 31 heavy (non-hydrogen) atoms. The normalized spacial score (nSPS) is 14.0. The van der Waals surface area contributed by atoms with Gasteiger partial charge in [0.2, 0.25) is 21.8 Å². The zero-order chi connectivity index (χ0) is 22.8. The number of sulfonamides is 1. The van der Waals surface area contributed by atoms with Crippen LogP contribution in [0.15, 0.2) is 46.2 Å². The van der Waals surface area contributed by atoms with Gasteiger partial charge < -0.3 is 10.2 Å². The van der Waals surface area contributed by atoms with Crippen LogP contribution in [-0.4, -0.2) is 49.9 Å². The molecule has 0 saturated heterocycles. The Hall–Kier alpha value is -2.07. The first-order chi connectivity index (χ1) is 14.7. The molecule has 2 amide bonds. The molecule has 2 aromatic carbocycles. The van der Waals surface area contributed by atoms with Gasteiger partial charge in [0, 0.05) is 28.7 Å². The molecule has 10 heteroatoms. The number of benzene rings is 2. The van der Waals surface area contributed by atoms with E-state index in [1.54, 1.807) is 44.2 Å². The number of halogens is 1. The molecular formula is C21H24ClN3O4S2. The van der Waals surface area contributed by atoms with Crippen LogP contribution >= 0.6 is 23.4 Å². The number of rotatable bonds is 7. The second-order valence-corrected chi connectivity index (χ2v) is 10.4. The highest BCUT2D eigenvalue weighted by Gasteiger charge is 2.30. The molecule has 1 heterocycles. The highest BCUT2D eigenvalue weighted by molar-refractivity contribution is 8.00. The van der Waals surface area contributed by atoms with Crippen molar-refractivity contribution in [2.75, 3.05) is 35.6 Å². The molecule has 166 valence electrons. The largest absolute Gasteiger partial charge is 0.324 e. The van der Waals surface area contributed by atoms with Gasteiger partial charge in [0.05, 0.1) is 16.3 Å². The van der Waals surface area contributed by atoms with Crippen molar-refractivity contribution in [2.45, 2.75) is 30.6 Å². The van der Waals surface area contributed by atoms with Crippen molar-refractivity contribution in [3.63, 3.8) is 0 Å². The van der Waals surface area contributed by atoms with E-state index < -0.39 is 15.9 Å². The maximum atomic E-state index is 12.9. The van der Waals surface area contributed by atoms with Gasteiger partial charge in [0.25, 0.3) is 0 Å². The highest BCUT2D eigenvalue weighted by atomic mass is 35.5. The molecule has 7 nitrogen and oxygen atoms in total. The lowest BCUT2D eigenvalue weighted by molar-refractivity contribution is -0.120. The Bertz CT molecular complexity index is 1120. The third kappa shape index (κ3) is 5.06. The summed E-state index contributed by atoms with van der Waals surface area (Å²) in [6, 6.07) is 9.88. The van der Waals surface area contributed by atoms with Crippen LogP contribution in [0.5, 0.6) is 0 Å². The lowest BCUT2D eigenvalue weighted by Crippen LogP contribution is -2.41. The Kier molecular flexibility index (Phi) is 7.31. The molecule has 0 saturated carbocycles. The molecule has 0 atom stereocenters. The van der Waals surface area contributed by atoms with Crippen LogP contribution in [-0.2, 0) is 19.6 Å². The summed E-state index contributed by atoms with van der Waals surface area (Å²) in [4.78, 5) is 27.5. The molecule has 0 radical (unpaired) electrons. The summed E-state index contributed by atoms with van der Waals surface area (Å²) < 4.78 is 27.2. The molecule has 0 aliphatic carbocycles. The smallest absolute Gasteiger partial charge is 0.244 e. The van der Waals surface area contributed by atoms with Crippen LogP contribution in [0.1, 0.15) is 19.4 Å². The summed E-state index contributed by atoms with van der Waals surface area (Å²) in [5.74, 6) is -0.472. The summed E-state index contributed by atoms with van der Waals surface area (Å²) >= 11 is 7.34. The molecule has 3 rings (SSSR count). The fourth-order valence-electron chi connectivity index (χ4n) is 3.29. The van der Waals surface area contributed by atoms with Gasteiger partial charge in [-0.2, -0.15) is 4.31 Å². The first kappa shape index (κ1) is 23.6. The van der Waals surface area contributed by atoms with Crippen LogP contribution in [0.4, 0.5) is 11.4 Å². The summed E-state index contributed by atoms with van der Waals surface area (Å²) in [6.07, 6.45) is 0. The van der Waals surface area contributed by atoms with Crippen molar-refractivity contribution < 1.29 is 18.0 Å². The molecule has 1 aliphatic heterocycles. The number of anilines is 2. The number of aryl methyl sites for hydroxylation is 1. The van der Waals surface area contributed by atoms with Crippen LogP contribution in [0.25, 0.3) is 0 Å². The van der Waals surface area contributed by atoms with Gasteiger partial charge in [-0.3, -0.25) is 9.59 Å². The van der Waals surface area contributed by atoms with Crippen LogP contribution < -0.4 is 10.2 Å². The Morgan fingerprint density at radius 1 is 1.19 bits per heavy atom. The summed E-state index contributed by atoms with van der Waals surface area (Å²) in [5, 5.41) is 3.27. The molecule has 1 N–H and O–H groups in total. The second-order valence-electron chi connectivity index (χ2n) is 6.99. The van der Waals surface area contributed by atoms with Gasteiger partial charge in [-0.1, -0.05) is 31.5 Å². The zero-order valence-electron chi connectivity index (χ0n) is 17.5. The Morgan fingerprint density at radius 2 is 1.90 bits per heavy atom. The van der Waals surface area contributed by atoms with Crippen molar-refractivity contribution >= 4 is 56.6 Å². The zero-order valence-corrected chi connectivity index (χ0v) is 19.9. The van der Waals surface area contributed by atoms with E-state index in [1.165, 1.54) is 27.0 Å². The number of hydrogen-bond donors (Lipinski definition) is 1. The van der Waals surface area contributed by atoms with Gasteiger partial charge in [-0.05, 0) is 42.8 Å². The molecule has 0 bridgehead atoms. The van der Waals surface area contributed by atoms with Gasteiger partial charge in [0.15, 0.2) is 0 Å². The summed E-state index contributed by atoms with van der Waals surface area (Å²) in [7, 11) is -3.69. The maximum Gasteiger partial charge on any atom is 0.244 e. The number of fused-ring (bicyclic) bond motifs is 1. The van der Waals surface area contributed by atoms with Crippen molar-refractivity contribution in [2.24, 2.45) is 0 Å². The van der Waals surface area contributed by atoms with E-state index in [0.717, 1.165) is 10.5 Å². The van der Waals surface area contributed by atoms with Crippen LogP contribution in [0, 0.1) is 6.92 Å². The number of carbonyl (C=O) groups excluding carboxylic acids is 2. The predicted molar refractivity (Wildman–Crippen MR) is 124 cm³/mol. The average molecular weight is 482 g/mol. The first-order valence-electron chi connectivity index (χ1n) is 9.80. The van der Waals surface area contributed by atoms with Gasteiger partial charge >= 0.3 is 0 Å². The number of thioether (sulfide) groups is 1. The monoisotopic (exact) mass is 481 g/mol. The lowest BCUT2D eigenvalue weighted by atomic mass is 10.2. The number of nitrogens with zero attached hydrogens (tertiary/aromatic N) is 2. The Morgan fingerprint density at radius 3 is 2.58 bits per heavy atom. The Balaban J connectivity index is 1.90. The van der Waals surface area contributed by atoms with E-state index in [0.29, 0.717) is 29.5 Å². The minimum Gasteiger partial charge on any atom is -0.324 e. The molecule has 2 aromatic rings. The predicted octanol–water partition coefficient (Wildman–Crippen LogP) is 3.76. The third-order valence-electron chi connectivity index (χ3n) is 4.99. The molecule has 0 aromatic heterocycles. The number of nitrogens with one attached hydrogen (secondary N) is 1. The third-order valence-corrected chi connectivity index (χ3v) is 8.32. The topological polar surface area (TPSA) is 86.8 Å². The average Bonchev–Trinajstić information content (AvgIpc) is 2.73. The van der Waals surface area contributed by atoms with Gasteiger partial charge in [-0.15, -0.1) is 11.8 Å².